The fourth-order valence-electron chi connectivity index (χ4n) is 8.65. The summed E-state index contributed by atoms with van der Waals surface area (Å²) in [4.78, 5) is 16.7. The van der Waals surface area contributed by atoms with Crippen molar-refractivity contribution in [3.05, 3.63) is 71.8 Å². The largest absolute Gasteiger partial charge is 0.353 e. The Labute approximate surface area is 224 Å². The van der Waals surface area contributed by atoms with E-state index in [4.69, 9.17) is 0 Å². The molecule has 0 aromatic heterocycles. The minimum Gasteiger partial charge on any atom is -0.353 e. The van der Waals surface area contributed by atoms with Gasteiger partial charge in [0.05, 0.1) is 6.04 Å². The standard InChI is InChI=1S/C34H46N2O/c37-34(32(25-13-5-1-6-14-25)26-15-7-2-8-16-26)35-31-22-21-29-23-36(24-30(29)31)33(27-17-9-3-10-18-27)28-19-11-4-12-20-28/h3-4,9-12,17-20,25-26,29-33H,1-2,5-8,13-16,21-24H2,(H,35,37)/t29-,30+,31-/m0/s1. The highest BCUT2D eigenvalue weighted by Crippen LogP contribution is 2.44. The maximum Gasteiger partial charge on any atom is 0.223 e. The van der Waals surface area contributed by atoms with Gasteiger partial charge in [-0.05, 0) is 73.3 Å². The average Bonchev–Trinajstić information content (AvgIpc) is 3.53. The van der Waals surface area contributed by atoms with Gasteiger partial charge in [0.25, 0.3) is 0 Å². The van der Waals surface area contributed by atoms with E-state index in [1.807, 2.05) is 0 Å². The van der Waals surface area contributed by atoms with Gasteiger partial charge in [-0.1, -0.05) is 99.2 Å². The molecule has 37 heavy (non-hydrogen) atoms. The van der Waals surface area contributed by atoms with Crippen LogP contribution in [0.2, 0.25) is 0 Å². The lowest BCUT2D eigenvalue weighted by molar-refractivity contribution is -0.131. The molecule has 3 atom stereocenters. The first-order valence-electron chi connectivity index (χ1n) is 15.4. The molecule has 1 saturated heterocycles. The zero-order valence-corrected chi connectivity index (χ0v) is 22.6. The summed E-state index contributed by atoms with van der Waals surface area (Å²) in [6.45, 7) is 2.22. The molecule has 0 spiro atoms. The number of carbonyl (C=O) groups is 1. The first kappa shape index (κ1) is 25.2. The molecule has 4 fully saturated rings. The molecule has 0 radical (unpaired) electrons. The van der Waals surface area contributed by atoms with Gasteiger partial charge < -0.3 is 5.32 Å². The summed E-state index contributed by atoms with van der Waals surface area (Å²) in [6.07, 6.45) is 15.5. The highest BCUT2D eigenvalue weighted by Gasteiger charge is 2.46. The van der Waals surface area contributed by atoms with E-state index in [0.717, 1.165) is 19.5 Å². The monoisotopic (exact) mass is 498 g/mol. The second-order valence-electron chi connectivity index (χ2n) is 12.6. The lowest BCUT2D eigenvalue weighted by Gasteiger charge is -2.38. The van der Waals surface area contributed by atoms with Crippen LogP contribution in [-0.2, 0) is 4.79 Å². The van der Waals surface area contributed by atoms with Gasteiger partial charge in [-0.3, -0.25) is 9.69 Å². The molecule has 3 aliphatic carbocycles. The number of nitrogens with one attached hydrogen (secondary N) is 1. The molecule has 1 amide bonds. The smallest absolute Gasteiger partial charge is 0.223 e. The van der Waals surface area contributed by atoms with Crippen LogP contribution < -0.4 is 5.32 Å². The molecule has 0 bridgehead atoms. The maximum atomic E-state index is 14.0. The number of likely N-dealkylation sites (tertiary alicyclic amines) is 1. The van der Waals surface area contributed by atoms with E-state index in [0.29, 0.717) is 41.7 Å². The summed E-state index contributed by atoms with van der Waals surface area (Å²) in [5.74, 6) is 3.20. The Balaban J connectivity index is 1.17. The van der Waals surface area contributed by atoms with Crippen molar-refractivity contribution < 1.29 is 4.79 Å². The van der Waals surface area contributed by atoms with E-state index in [9.17, 15) is 4.79 Å². The van der Waals surface area contributed by atoms with Crippen LogP contribution in [0.25, 0.3) is 0 Å². The van der Waals surface area contributed by atoms with Gasteiger partial charge in [-0.25, -0.2) is 0 Å². The van der Waals surface area contributed by atoms with Crippen LogP contribution in [0.5, 0.6) is 0 Å². The topological polar surface area (TPSA) is 32.3 Å². The van der Waals surface area contributed by atoms with Crippen molar-refractivity contribution in [2.24, 2.45) is 29.6 Å². The van der Waals surface area contributed by atoms with E-state index in [1.54, 1.807) is 0 Å². The Morgan fingerprint density at radius 1 is 0.676 bits per heavy atom. The van der Waals surface area contributed by atoms with Gasteiger partial charge in [0.15, 0.2) is 0 Å². The molecular formula is C34H46N2O. The molecular weight excluding hydrogens is 452 g/mol. The van der Waals surface area contributed by atoms with E-state index < -0.39 is 0 Å². The zero-order chi connectivity index (χ0) is 25.0. The molecule has 198 valence electrons. The lowest BCUT2D eigenvalue weighted by Crippen LogP contribution is -2.47. The third-order valence-corrected chi connectivity index (χ3v) is 10.4. The fourth-order valence-corrected chi connectivity index (χ4v) is 8.65. The molecule has 3 nitrogen and oxygen atoms in total. The fraction of sp³-hybridized carbons (Fsp3) is 0.618. The number of fused-ring (bicyclic) bond motifs is 1. The normalized spacial score (nSPS) is 27.6. The first-order chi connectivity index (χ1) is 18.3. The number of amides is 1. The van der Waals surface area contributed by atoms with Crippen molar-refractivity contribution in [1.29, 1.82) is 0 Å². The summed E-state index contributed by atoms with van der Waals surface area (Å²) in [5, 5.41) is 3.72. The average molecular weight is 499 g/mol. The second kappa shape index (κ2) is 11.7. The molecule has 1 heterocycles. The van der Waals surface area contributed by atoms with Crippen LogP contribution in [0, 0.1) is 29.6 Å². The van der Waals surface area contributed by atoms with E-state index in [-0.39, 0.29) is 5.92 Å². The molecule has 4 aliphatic rings. The van der Waals surface area contributed by atoms with Gasteiger partial charge in [0.1, 0.15) is 0 Å². The Kier molecular flexibility index (Phi) is 7.97. The number of hydrogen-bond acceptors (Lipinski definition) is 2. The Morgan fingerprint density at radius 2 is 1.22 bits per heavy atom. The molecule has 1 N–H and O–H groups in total. The number of benzene rings is 2. The third-order valence-electron chi connectivity index (χ3n) is 10.4. The second-order valence-corrected chi connectivity index (χ2v) is 12.6. The molecule has 0 unspecified atom stereocenters. The Bertz CT molecular complexity index is 937. The van der Waals surface area contributed by atoms with Crippen LogP contribution in [0.3, 0.4) is 0 Å². The van der Waals surface area contributed by atoms with Crippen molar-refractivity contribution in [3.63, 3.8) is 0 Å². The molecule has 2 aromatic rings. The van der Waals surface area contributed by atoms with Crippen molar-refractivity contribution in [2.75, 3.05) is 13.1 Å². The molecule has 3 saturated carbocycles. The minimum atomic E-state index is 0.263. The quantitative estimate of drug-likeness (QED) is 0.432. The van der Waals surface area contributed by atoms with Gasteiger partial charge in [0.2, 0.25) is 5.91 Å². The van der Waals surface area contributed by atoms with Gasteiger partial charge in [-0.2, -0.15) is 0 Å². The van der Waals surface area contributed by atoms with Crippen molar-refractivity contribution in [3.8, 4) is 0 Å². The van der Waals surface area contributed by atoms with Crippen molar-refractivity contribution in [2.45, 2.75) is 89.1 Å². The minimum absolute atomic E-state index is 0.263. The summed E-state index contributed by atoms with van der Waals surface area (Å²) in [5.41, 5.74) is 2.76. The summed E-state index contributed by atoms with van der Waals surface area (Å²) in [7, 11) is 0. The lowest BCUT2D eigenvalue weighted by atomic mass is 9.69. The van der Waals surface area contributed by atoms with Crippen LogP contribution >= 0.6 is 0 Å². The van der Waals surface area contributed by atoms with Crippen molar-refractivity contribution >= 4 is 5.91 Å². The van der Waals surface area contributed by atoms with Crippen LogP contribution in [0.1, 0.15) is 94.2 Å². The van der Waals surface area contributed by atoms with Crippen molar-refractivity contribution in [1.82, 2.24) is 10.2 Å². The summed E-state index contributed by atoms with van der Waals surface area (Å²) in [6, 6.07) is 22.7. The SMILES string of the molecule is O=C(N[C@H]1CC[C@H]2CN(C(c3ccccc3)c3ccccc3)C[C@H]21)C(C1CCCCC1)C1CCCCC1. The Morgan fingerprint density at radius 3 is 1.76 bits per heavy atom. The highest BCUT2D eigenvalue weighted by molar-refractivity contribution is 5.79. The van der Waals surface area contributed by atoms with Gasteiger partial charge in [-0.15, -0.1) is 0 Å². The van der Waals surface area contributed by atoms with E-state index in [1.165, 1.54) is 81.8 Å². The molecule has 1 aliphatic heterocycles. The zero-order valence-electron chi connectivity index (χ0n) is 22.6. The van der Waals surface area contributed by atoms with E-state index >= 15 is 0 Å². The van der Waals surface area contributed by atoms with Crippen LogP contribution in [0.15, 0.2) is 60.7 Å². The predicted octanol–water partition coefficient (Wildman–Crippen LogP) is 7.38. The van der Waals surface area contributed by atoms with E-state index in [2.05, 4.69) is 70.9 Å². The number of rotatable bonds is 7. The summed E-state index contributed by atoms with van der Waals surface area (Å²) >= 11 is 0. The number of nitrogens with zero attached hydrogens (tertiary/aromatic N) is 1. The highest BCUT2D eigenvalue weighted by atomic mass is 16.2. The van der Waals surface area contributed by atoms with Crippen LogP contribution in [0.4, 0.5) is 0 Å². The number of hydrogen-bond donors (Lipinski definition) is 1. The molecule has 2 aromatic carbocycles. The molecule has 3 heteroatoms. The molecule has 6 rings (SSSR count). The third kappa shape index (κ3) is 5.53. The van der Waals surface area contributed by atoms with Gasteiger partial charge >= 0.3 is 0 Å². The Hall–Kier alpha value is -2.13. The van der Waals surface area contributed by atoms with Crippen LogP contribution in [-0.4, -0.2) is 29.9 Å². The summed E-state index contributed by atoms with van der Waals surface area (Å²) < 4.78 is 0. The number of carbonyl (C=O) groups excluding carboxylic acids is 1. The predicted molar refractivity (Wildman–Crippen MR) is 151 cm³/mol. The van der Waals surface area contributed by atoms with Gasteiger partial charge in [0, 0.05) is 25.0 Å². The maximum absolute atomic E-state index is 14.0. The first-order valence-corrected chi connectivity index (χ1v) is 15.4.